The van der Waals surface area contributed by atoms with Gasteiger partial charge in [-0.1, -0.05) is 194 Å². The van der Waals surface area contributed by atoms with Gasteiger partial charge in [-0.2, -0.15) is 0 Å². The molecule has 0 unspecified atom stereocenters. The van der Waals surface area contributed by atoms with Gasteiger partial charge < -0.3 is 4.57 Å². The van der Waals surface area contributed by atoms with Gasteiger partial charge in [-0.3, -0.25) is 0 Å². The summed E-state index contributed by atoms with van der Waals surface area (Å²) < 4.78 is 2.50. The molecule has 13 rings (SSSR count). The van der Waals surface area contributed by atoms with Gasteiger partial charge in [-0.25, -0.2) is 15.0 Å². The van der Waals surface area contributed by atoms with E-state index in [1.54, 1.807) is 0 Å². The Morgan fingerprint density at radius 1 is 0.254 bits per heavy atom. The zero-order valence-corrected chi connectivity index (χ0v) is 34.1. The van der Waals surface area contributed by atoms with E-state index >= 15 is 0 Å². The van der Waals surface area contributed by atoms with E-state index in [9.17, 15) is 0 Å². The molecule has 0 saturated heterocycles. The monoisotopic (exact) mass is 800 g/mol. The van der Waals surface area contributed by atoms with Gasteiger partial charge >= 0.3 is 0 Å². The Labute approximate surface area is 363 Å². The Morgan fingerprint density at radius 3 is 1.40 bits per heavy atom. The second kappa shape index (κ2) is 14.1. The topological polar surface area (TPSA) is 43.6 Å². The third-order valence-corrected chi connectivity index (χ3v) is 12.8. The van der Waals surface area contributed by atoms with Gasteiger partial charge in [0.05, 0.1) is 11.0 Å². The maximum absolute atomic E-state index is 5.15. The fourth-order valence-electron chi connectivity index (χ4n) is 9.93. The van der Waals surface area contributed by atoms with Crippen molar-refractivity contribution in [1.82, 2.24) is 19.5 Å². The van der Waals surface area contributed by atoms with Crippen LogP contribution in [-0.2, 0) is 0 Å². The molecule has 0 aliphatic heterocycles. The largest absolute Gasteiger partial charge is 0.308 e. The molecular weight excluding hydrogens is 765 g/mol. The van der Waals surface area contributed by atoms with Crippen LogP contribution in [0.3, 0.4) is 0 Å². The summed E-state index contributed by atoms with van der Waals surface area (Å²) in [4.78, 5) is 15.3. The summed E-state index contributed by atoms with van der Waals surface area (Å²) in [7, 11) is 0. The summed E-state index contributed by atoms with van der Waals surface area (Å²) in [5.41, 5.74) is 8.52. The first-order valence-electron chi connectivity index (χ1n) is 21.4. The number of rotatable bonds is 5. The van der Waals surface area contributed by atoms with Crippen molar-refractivity contribution in [3.63, 3.8) is 0 Å². The Balaban J connectivity index is 1.13. The molecule has 0 radical (unpaired) electrons. The van der Waals surface area contributed by atoms with Crippen LogP contribution < -0.4 is 0 Å². The minimum atomic E-state index is 0.620. The van der Waals surface area contributed by atoms with Crippen LogP contribution in [0.5, 0.6) is 0 Å². The van der Waals surface area contributed by atoms with Gasteiger partial charge in [0.15, 0.2) is 17.5 Å². The lowest BCUT2D eigenvalue weighted by atomic mass is 9.90. The zero-order chi connectivity index (χ0) is 41.4. The molecule has 4 nitrogen and oxygen atoms in total. The highest BCUT2D eigenvalue weighted by molar-refractivity contribution is 6.28. The molecule has 0 fully saturated rings. The highest BCUT2D eigenvalue weighted by atomic mass is 15.0. The first-order chi connectivity index (χ1) is 31.2. The normalized spacial score (nSPS) is 11.8. The third-order valence-electron chi connectivity index (χ3n) is 12.8. The minimum absolute atomic E-state index is 0.620. The van der Waals surface area contributed by atoms with Gasteiger partial charge in [-0.15, -0.1) is 0 Å². The summed E-state index contributed by atoms with van der Waals surface area (Å²) in [6.45, 7) is 0. The molecule has 0 aliphatic carbocycles. The number of aromatic nitrogens is 4. The first kappa shape index (κ1) is 35.3. The highest BCUT2D eigenvalue weighted by Gasteiger charge is 2.23. The van der Waals surface area contributed by atoms with Crippen molar-refractivity contribution < 1.29 is 0 Å². The number of fused-ring (bicyclic) bond motifs is 12. The molecule has 11 aromatic carbocycles. The molecule has 0 spiro atoms. The molecule has 292 valence electrons. The SMILES string of the molecule is c1ccc(-c2nc(-c3ccccc3)nc(-c3cccc(-n4c5c(-c6ccc7c8ccccc8c8ccccc8c7c6)c6ccccc6cc5c5ccc6ccccc6c54)c3)n2)cc1. The number of nitrogens with zero attached hydrogens (tertiary/aromatic N) is 4. The predicted octanol–water partition coefficient (Wildman–Crippen LogP) is 15.4. The van der Waals surface area contributed by atoms with Crippen LogP contribution in [0.4, 0.5) is 0 Å². The zero-order valence-electron chi connectivity index (χ0n) is 34.1. The van der Waals surface area contributed by atoms with Gasteiger partial charge in [-0.05, 0) is 78.3 Å². The van der Waals surface area contributed by atoms with E-state index in [2.05, 4.69) is 187 Å². The van der Waals surface area contributed by atoms with Crippen LogP contribution >= 0.6 is 0 Å². The number of benzene rings is 11. The fraction of sp³-hybridized carbons (Fsp3) is 0. The van der Waals surface area contributed by atoms with Crippen molar-refractivity contribution >= 4 is 75.7 Å². The summed E-state index contributed by atoms with van der Waals surface area (Å²) in [6, 6.07) is 78.4. The molecule has 2 heterocycles. The Hall–Kier alpha value is -8.47. The van der Waals surface area contributed by atoms with Crippen LogP contribution in [0.25, 0.3) is 127 Å². The van der Waals surface area contributed by atoms with Crippen molar-refractivity contribution in [1.29, 1.82) is 0 Å². The first-order valence-corrected chi connectivity index (χ1v) is 21.4. The van der Waals surface area contributed by atoms with Gasteiger partial charge in [0, 0.05) is 44.1 Å². The maximum atomic E-state index is 5.15. The van der Waals surface area contributed by atoms with Crippen molar-refractivity contribution in [2.24, 2.45) is 0 Å². The van der Waals surface area contributed by atoms with Crippen molar-refractivity contribution in [3.8, 4) is 51.0 Å². The van der Waals surface area contributed by atoms with Gasteiger partial charge in [0.1, 0.15) is 0 Å². The summed E-state index contributed by atoms with van der Waals surface area (Å²) in [5, 5.41) is 14.8. The lowest BCUT2D eigenvalue weighted by Gasteiger charge is -2.17. The molecule has 63 heavy (non-hydrogen) atoms. The van der Waals surface area contributed by atoms with Crippen molar-refractivity contribution in [2.45, 2.75) is 0 Å². The quantitative estimate of drug-likeness (QED) is 0.163. The molecule has 0 atom stereocenters. The Bertz CT molecular complexity index is 3870. The lowest BCUT2D eigenvalue weighted by Crippen LogP contribution is -2.01. The smallest absolute Gasteiger partial charge is 0.164 e. The van der Waals surface area contributed by atoms with E-state index in [1.165, 1.54) is 81.3 Å². The summed E-state index contributed by atoms with van der Waals surface area (Å²) in [6.07, 6.45) is 0. The maximum Gasteiger partial charge on any atom is 0.164 e. The van der Waals surface area contributed by atoms with Crippen LogP contribution in [-0.4, -0.2) is 19.5 Å². The van der Waals surface area contributed by atoms with Crippen molar-refractivity contribution in [3.05, 3.63) is 218 Å². The van der Waals surface area contributed by atoms with Gasteiger partial charge in [0.2, 0.25) is 0 Å². The molecule has 4 heteroatoms. The molecule has 0 amide bonds. The predicted molar refractivity (Wildman–Crippen MR) is 263 cm³/mol. The summed E-state index contributed by atoms with van der Waals surface area (Å²) in [5.74, 6) is 1.89. The van der Waals surface area contributed by atoms with Crippen LogP contribution in [0.2, 0.25) is 0 Å². The number of hydrogen-bond acceptors (Lipinski definition) is 3. The minimum Gasteiger partial charge on any atom is -0.308 e. The van der Waals surface area contributed by atoms with E-state index < -0.39 is 0 Å². The summed E-state index contributed by atoms with van der Waals surface area (Å²) >= 11 is 0. The molecule has 0 N–H and O–H groups in total. The molecule has 0 saturated carbocycles. The molecule has 0 aliphatic rings. The van der Waals surface area contributed by atoms with E-state index in [0.717, 1.165) is 27.9 Å². The Kier molecular flexibility index (Phi) is 7.87. The second-order valence-electron chi connectivity index (χ2n) is 16.3. The van der Waals surface area contributed by atoms with Crippen molar-refractivity contribution in [2.75, 3.05) is 0 Å². The standard InChI is InChI=1S/C59H36N4/c1-3-17-38(18-4-1)57-60-58(39-19-5-2-6-20-39)62-59(61-57)42-22-15-23-43(34-42)63-55-45-25-10-7-16-37(45)30-33-51(55)53-35-40-21-8-9-24-44(40)54(56(53)63)41-31-32-50-48-28-12-11-26-46(48)47-27-13-14-29-49(47)52(50)36-41/h1-36H. The average molecular weight is 801 g/mol. The lowest BCUT2D eigenvalue weighted by molar-refractivity contribution is 1.07. The highest BCUT2D eigenvalue weighted by Crippen LogP contribution is 2.46. The molecule has 2 aromatic heterocycles. The fourth-order valence-corrected chi connectivity index (χ4v) is 9.93. The molecule has 13 aromatic rings. The van der Waals surface area contributed by atoms with E-state index in [4.69, 9.17) is 15.0 Å². The van der Waals surface area contributed by atoms with E-state index in [-0.39, 0.29) is 0 Å². The van der Waals surface area contributed by atoms with Crippen LogP contribution in [0.1, 0.15) is 0 Å². The molecular formula is C59H36N4. The Morgan fingerprint density at radius 2 is 0.746 bits per heavy atom. The number of hydrogen-bond donors (Lipinski definition) is 0. The molecule has 0 bridgehead atoms. The average Bonchev–Trinajstić information content (AvgIpc) is 3.70. The third kappa shape index (κ3) is 5.59. The van der Waals surface area contributed by atoms with E-state index in [1.807, 2.05) is 36.4 Å². The van der Waals surface area contributed by atoms with Gasteiger partial charge in [0.25, 0.3) is 0 Å². The van der Waals surface area contributed by atoms with Crippen LogP contribution in [0, 0.1) is 0 Å². The van der Waals surface area contributed by atoms with Crippen LogP contribution in [0.15, 0.2) is 218 Å². The van der Waals surface area contributed by atoms with E-state index in [0.29, 0.717) is 17.5 Å². The second-order valence-corrected chi connectivity index (χ2v) is 16.3.